The van der Waals surface area contributed by atoms with Crippen molar-refractivity contribution >= 4 is 74.4 Å². The number of amides is 1. The molecule has 0 aliphatic rings. The van der Waals surface area contributed by atoms with Gasteiger partial charge in [0, 0.05) is 30.2 Å². The summed E-state index contributed by atoms with van der Waals surface area (Å²) < 4.78 is 49.7. The van der Waals surface area contributed by atoms with E-state index >= 15 is 0 Å². The number of fused-ring (bicyclic) bond motifs is 1. The largest absolute Gasteiger partial charge is 0.464 e. The topological polar surface area (TPSA) is 250 Å². The van der Waals surface area contributed by atoms with Gasteiger partial charge in [-0.05, 0) is 79.2 Å². The van der Waals surface area contributed by atoms with Crippen LogP contribution >= 0.6 is 11.3 Å². The summed E-state index contributed by atoms with van der Waals surface area (Å²) >= 11 is 1.21. The molecule has 5 aromatic rings. The maximum absolute atomic E-state index is 14.0. The zero-order chi connectivity index (χ0) is 51.3. The molecule has 71 heavy (non-hydrogen) atoms. The summed E-state index contributed by atoms with van der Waals surface area (Å²) in [6.07, 6.45) is 5.03. The number of hydrogen-bond donors (Lipinski definition) is 0. The Morgan fingerprint density at radius 2 is 1.27 bits per heavy atom. The van der Waals surface area contributed by atoms with E-state index in [9.17, 15) is 33.6 Å². The van der Waals surface area contributed by atoms with Gasteiger partial charge in [-0.15, -0.1) is 4.89 Å². The summed E-state index contributed by atoms with van der Waals surface area (Å²) in [5.74, 6) is -5.56. The van der Waals surface area contributed by atoms with Crippen molar-refractivity contribution in [1.82, 2.24) is 4.98 Å². The lowest BCUT2D eigenvalue weighted by Gasteiger charge is -2.16. The first-order valence-electron chi connectivity index (χ1n) is 20.6. The first kappa shape index (κ1) is 53.0. The molecule has 0 unspecified atom stereocenters. The second-order valence-electron chi connectivity index (χ2n) is 13.7. The zero-order valence-corrected chi connectivity index (χ0v) is 38.8. The van der Waals surface area contributed by atoms with Crippen molar-refractivity contribution in [2.45, 2.75) is 20.3 Å². The van der Waals surface area contributed by atoms with Crippen molar-refractivity contribution < 1.29 is 86.0 Å². The Hall–Kier alpha value is -8.99. The SMILES string of the molecule is C=CC(=O)COCOc1ccc(C(=O)Oc2c(C)cc(OC(=O)c3ccc(OCOC(=O)C=C)c(OCOC(=O)C=C)c3)cc2/C=N/N(C(=O)CC)c2nc3ccccc3s2)cc1OCOOC(=O)C=C. The molecule has 0 radical (unpaired) electrons. The minimum absolute atomic E-state index is 0.0120. The molecule has 1 heterocycles. The van der Waals surface area contributed by atoms with Crippen LogP contribution in [0, 0.1) is 6.92 Å². The van der Waals surface area contributed by atoms with E-state index in [0.717, 1.165) is 34.0 Å². The van der Waals surface area contributed by atoms with Gasteiger partial charge in [-0.1, -0.05) is 56.7 Å². The van der Waals surface area contributed by atoms with Crippen LogP contribution in [0.1, 0.15) is 45.2 Å². The molecule has 0 fully saturated rings. The van der Waals surface area contributed by atoms with Crippen molar-refractivity contribution in [3.63, 3.8) is 0 Å². The highest BCUT2D eigenvalue weighted by Crippen LogP contribution is 2.35. The zero-order valence-electron chi connectivity index (χ0n) is 38.0. The number of ketones is 1. The minimum atomic E-state index is -0.948. The number of hydrazone groups is 1. The molecule has 0 atom stereocenters. The summed E-state index contributed by atoms with van der Waals surface area (Å²) in [5.41, 5.74) is 0.719. The smallest absolute Gasteiger partial charge is 0.365 e. The van der Waals surface area contributed by atoms with Crippen molar-refractivity contribution in [1.29, 1.82) is 0 Å². The summed E-state index contributed by atoms with van der Waals surface area (Å²) in [4.78, 5) is 101. The summed E-state index contributed by atoms with van der Waals surface area (Å²) in [5, 5.41) is 5.81. The summed E-state index contributed by atoms with van der Waals surface area (Å²) in [6, 6.07) is 17.7. The first-order valence-corrected chi connectivity index (χ1v) is 21.5. The minimum Gasteiger partial charge on any atom is -0.464 e. The van der Waals surface area contributed by atoms with Crippen LogP contribution in [0.3, 0.4) is 0 Å². The number of carbonyl (C=O) groups is 7. The van der Waals surface area contributed by atoms with Gasteiger partial charge in [0.05, 0.1) is 27.6 Å². The average Bonchev–Trinajstić information content (AvgIpc) is 3.81. The number of hydrogen-bond acceptors (Lipinski definition) is 21. The van der Waals surface area contributed by atoms with Gasteiger partial charge in [0.25, 0.3) is 0 Å². The van der Waals surface area contributed by atoms with Crippen LogP contribution in [0.25, 0.3) is 10.2 Å². The highest BCUT2D eigenvalue weighted by molar-refractivity contribution is 7.22. The number of aryl methyl sites for hydroxylation is 1. The van der Waals surface area contributed by atoms with Crippen LogP contribution in [-0.2, 0) is 48.0 Å². The van der Waals surface area contributed by atoms with Gasteiger partial charge in [0.2, 0.25) is 31.4 Å². The third-order valence-electron chi connectivity index (χ3n) is 8.86. The van der Waals surface area contributed by atoms with Gasteiger partial charge in [-0.3, -0.25) is 14.5 Å². The molecule has 1 amide bonds. The fourth-order valence-corrected chi connectivity index (χ4v) is 6.42. The summed E-state index contributed by atoms with van der Waals surface area (Å²) in [7, 11) is 0. The lowest BCUT2D eigenvalue weighted by molar-refractivity contribution is -0.293. The molecule has 21 nitrogen and oxygen atoms in total. The predicted molar refractivity (Wildman–Crippen MR) is 252 cm³/mol. The van der Waals surface area contributed by atoms with E-state index in [0.29, 0.717) is 5.52 Å². The molecule has 0 aliphatic heterocycles. The van der Waals surface area contributed by atoms with Crippen LogP contribution in [0.2, 0.25) is 0 Å². The number of thiazole rings is 1. The molecule has 0 bridgehead atoms. The second-order valence-corrected chi connectivity index (χ2v) is 14.7. The van der Waals surface area contributed by atoms with Crippen LogP contribution in [0.4, 0.5) is 5.13 Å². The van der Waals surface area contributed by atoms with E-state index in [2.05, 4.69) is 41.3 Å². The first-order chi connectivity index (χ1) is 34.3. The normalized spacial score (nSPS) is 10.6. The van der Waals surface area contributed by atoms with E-state index < -0.39 is 68.7 Å². The molecule has 0 N–H and O–H groups in total. The maximum atomic E-state index is 14.0. The van der Waals surface area contributed by atoms with Crippen molar-refractivity contribution in [2.75, 3.05) is 38.8 Å². The van der Waals surface area contributed by atoms with Gasteiger partial charge in [0.15, 0.2) is 35.6 Å². The highest BCUT2D eigenvalue weighted by Gasteiger charge is 2.23. The molecule has 0 aliphatic carbocycles. The number of anilines is 1. The Morgan fingerprint density at radius 3 is 1.87 bits per heavy atom. The second kappa shape index (κ2) is 26.5. The van der Waals surface area contributed by atoms with Crippen molar-refractivity contribution in [3.8, 4) is 34.5 Å². The fourth-order valence-electron chi connectivity index (χ4n) is 5.48. The molecule has 0 spiro atoms. The van der Waals surface area contributed by atoms with E-state index in [1.54, 1.807) is 26.0 Å². The number of rotatable bonds is 27. The predicted octanol–water partition coefficient (Wildman–Crippen LogP) is 7.06. The number of ether oxygens (including phenoxy) is 9. The van der Waals surface area contributed by atoms with E-state index in [-0.39, 0.29) is 74.9 Å². The Bertz CT molecular complexity index is 2840. The highest BCUT2D eigenvalue weighted by atomic mass is 32.1. The Morgan fingerprint density at radius 1 is 0.676 bits per heavy atom. The van der Waals surface area contributed by atoms with Crippen LogP contribution in [0.15, 0.2) is 129 Å². The monoisotopic (exact) mass is 993 g/mol. The number of para-hydroxylation sites is 1. The van der Waals surface area contributed by atoms with Crippen LogP contribution in [0.5, 0.6) is 34.5 Å². The maximum Gasteiger partial charge on any atom is 0.365 e. The average molecular weight is 994 g/mol. The number of carbonyl (C=O) groups excluding carboxylic acids is 7. The fraction of sp³-hybridized carbons (Fsp3) is 0.163. The molecule has 368 valence electrons. The molecule has 0 saturated heterocycles. The molecular formula is C49H43N3O18S. The van der Waals surface area contributed by atoms with Gasteiger partial charge < -0.3 is 42.6 Å². The molecule has 4 aromatic carbocycles. The summed E-state index contributed by atoms with van der Waals surface area (Å²) in [6.45, 7) is 13.9. The van der Waals surface area contributed by atoms with Crippen LogP contribution < -0.4 is 33.4 Å². The van der Waals surface area contributed by atoms with E-state index in [4.69, 9.17) is 47.5 Å². The van der Waals surface area contributed by atoms with E-state index in [1.165, 1.54) is 66.1 Å². The van der Waals surface area contributed by atoms with Gasteiger partial charge in [-0.25, -0.2) is 29.0 Å². The molecule has 5 rings (SSSR count). The molecule has 22 heteroatoms. The van der Waals surface area contributed by atoms with Crippen molar-refractivity contribution in [3.05, 3.63) is 146 Å². The van der Waals surface area contributed by atoms with Gasteiger partial charge >= 0.3 is 29.8 Å². The molecular weight excluding hydrogens is 951 g/mol. The molecule has 0 saturated carbocycles. The number of aromatic nitrogens is 1. The Labute approximate surface area is 408 Å². The number of nitrogens with zero attached hydrogens (tertiary/aromatic N) is 3. The van der Waals surface area contributed by atoms with Gasteiger partial charge in [-0.2, -0.15) is 10.1 Å². The Kier molecular flexibility index (Phi) is 19.8. The number of esters is 4. The third kappa shape index (κ3) is 15.5. The van der Waals surface area contributed by atoms with E-state index in [1.807, 2.05) is 12.1 Å². The lowest BCUT2D eigenvalue weighted by atomic mass is 10.1. The molecule has 1 aromatic heterocycles. The van der Waals surface area contributed by atoms with Crippen molar-refractivity contribution in [2.24, 2.45) is 5.10 Å². The third-order valence-corrected chi connectivity index (χ3v) is 9.87. The standard InChI is InChI=1S/C49H43N3O18S/c1-7-34(53)25-60-26-61-37-18-17-32(23-40(37)64-29-67-70-45(57)11-5)48(59)69-46-30(6)20-35(21-33(46)24-50-52(42(54)8-2)49-51-36-14-12-13-15-41(36)71-49)68-47(58)31-16-19-38(62-27-65-43(55)9-3)39(22-31)63-28-66-44(56)10-4/h7,9-24H,1,3-5,8,25-29H2,2,6H3/b50-24+. The lowest BCUT2D eigenvalue weighted by Crippen LogP contribution is -2.24. The number of benzene rings is 4. The Balaban J connectivity index is 1.50. The van der Waals surface area contributed by atoms with Crippen LogP contribution in [-0.4, -0.2) is 86.5 Å². The quantitative estimate of drug-likeness (QED) is 0.00746. The van der Waals surface area contributed by atoms with Gasteiger partial charge in [0.1, 0.15) is 18.1 Å².